The Kier molecular flexibility index (Phi) is 9.59. The van der Waals surface area contributed by atoms with E-state index >= 15 is 0 Å². The number of rotatable bonds is 10. The molecule has 0 unspecified atom stereocenters. The summed E-state index contributed by atoms with van der Waals surface area (Å²) in [6, 6.07) is 2.26. The second-order valence-corrected chi connectivity index (χ2v) is 19.2. The Morgan fingerprint density at radius 2 is 1.05 bits per heavy atom. The van der Waals surface area contributed by atoms with Crippen molar-refractivity contribution < 1.29 is 19.1 Å². The van der Waals surface area contributed by atoms with Gasteiger partial charge in [-0.3, -0.25) is 0 Å². The summed E-state index contributed by atoms with van der Waals surface area (Å²) in [5, 5.41) is 0. The van der Waals surface area contributed by atoms with Crippen LogP contribution in [-0.2, 0) is 19.1 Å². The maximum absolute atomic E-state index is 11.4. The molecule has 22 heavy (non-hydrogen) atoms. The third kappa shape index (κ3) is 15.5. The smallest absolute Gasteiger partial charge is 0.331 e. The maximum Gasteiger partial charge on any atom is 0.331 e. The Balaban J connectivity index is 3.76. The first-order chi connectivity index (χ1) is 9.99. The van der Waals surface area contributed by atoms with Crippen LogP contribution in [0.25, 0.3) is 0 Å². The van der Waals surface area contributed by atoms with Crippen LogP contribution in [0.1, 0.15) is 12.8 Å². The van der Waals surface area contributed by atoms with Gasteiger partial charge in [0.1, 0.15) is 0 Å². The highest BCUT2D eigenvalue weighted by Gasteiger charge is 2.13. The minimum atomic E-state index is -1.08. The minimum absolute atomic E-state index is 0.415. The lowest BCUT2D eigenvalue weighted by Crippen LogP contribution is -2.20. The van der Waals surface area contributed by atoms with E-state index in [4.69, 9.17) is 9.47 Å². The van der Waals surface area contributed by atoms with E-state index in [1.165, 1.54) is 0 Å². The third-order valence-electron chi connectivity index (χ3n) is 2.99. The molecule has 128 valence electrons. The topological polar surface area (TPSA) is 52.6 Å². The van der Waals surface area contributed by atoms with Crippen LogP contribution in [0.3, 0.4) is 0 Å². The lowest BCUT2D eigenvalue weighted by molar-refractivity contribution is -0.140. The molecule has 0 saturated carbocycles. The predicted octanol–water partition coefficient (Wildman–Crippen LogP) is 4.09. The molecule has 0 aromatic rings. The van der Waals surface area contributed by atoms with Crippen molar-refractivity contribution >= 4 is 28.1 Å². The molecule has 0 N–H and O–H groups in total. The summed E-state index contributed by atoms with van der Waals surface area (Å²) in [7, 11) is -2.16. The lowest BCUT2D eigenvalue weighted by Gasteiger charge is -2.14. The Morgan fingerprint density at radius 3 is 1.32 bits per heavy atom. The minimum Gasteiger partial charge on any atom is -0.463 e. The van der Waals surface area contributed by atoms with E-state index in [2.05, 4.69) is 39.3 Å². The first kappa shape index (κ1) is 21.1. The van der Waals surface area contributed by atoms with Crippen LogP contribution in [0.5, 0.6) is 0 Å². The molecule has 0 radical (unpaired) electrons. The Labute approximate surface area is 137 Å². The van der Waals surface area contributed by atoms with Crippen molar-refractivity contribution in [1.29, 1.82) is 0 Å². The van der Waals surface area contributed by atoms with Gasteiger partial charge < -0.3 is 9.47 Å². The number of carbonyl (C=O) groups is 2. The van der Waals surface area contributed by atoms with Crippen LogP contribution in [0, 0.1) is 0 Å². The van der Waals surface area contributed by atoms with Crippen LogP contribution in [0.2, 0.25) is 51.4 Å². The van der Waals surface area contributed by atoms with E-state index in [0.29, 0.717) is 13.2 Å². The summed E-state index contributed by atoms with van der Waals surface area (Å²) in [6.07, 6.45) is 4.07. The van der Waals surface area contributed by atoms with Crippen molar-refractivity contribution in [2.45, 2.75) is 64.2 Å². The average molecular weight is 345 g/mol. The van der Waals surface area contributed by atoms with E-state index in [1.807, 2.05) is 0 Å². The van der Waals surface area contributed by atoms with Gasteiger partial charge in [0.2, 0.25) is 0 Å². The van der Waals surface area contributed by atoms with Gasteiger partial charge in [0, 0.05) is 28.3 Å². The summed E-state index contributed by atoms with van der Waals surface area (Å²) in [5.41, 5.74) is 0. The molecule has 0 heterocycles. The van der Waals surface area contributed by atoms with Crippen molar-refractivity contribution in [1.82, 2.24) is 0 Å². The quantitative estimate of drug-likeness (QED) is 0.259. The number of carbonyl (C=O) groups excluding carboxylic acids is 2. The molecule has 6 heteroatoms. The SMILES string of the molecule is C[Si](C)(C)CCCOC(=O)/C=C\C(=O)OCCC[Si](C)(C)C. The monoisotopic (exact) mass is 344 g/mol. The second kappa shape index (κ2) is 10.00. The van der Waals surface area contributed by atoms with Crippen molar-refractivity contribution in [3.63, 3.8) is 0 Å². The van der Waals surface area contributed by atoms with Crippen LogP contribution >= 0.6 is 0 Å². The number of ether oxygens (including phenoxy) is 2. The Bertz CT molecular complexity index is 343. The highest BCUT2D eigenvalue weighted by atomic mass is 28.3. The highest BCUT2D eigenvalue weighted by Crippen LogP contribution is 2.11. The average Bonchev–Trinajstić information content (AvgIpc) is 2.35. The van der Waals surface area contributed by atoms with Gasteiger partial charge in [-0.25, -0.2) is 9.59 Å². The fourth-order valence-electron chi connectivity index (χ4n) is 1.78. The van der Waals surface area contributed by atoms with E-state index in [-0.39, 0.29) is 0 Å². The molecule has 0 bridgehead atoms. The molecule has 4 nitrogen and oxygen atoms in total. The first-order valence-electron chi connectivity index (χ1n) is 8.01. The summed E-state index contributed by atoms with van der Waals surface area (Å²) in [6.45, 7) is 14.5. The molecule has 0 atom stereocenters. The summed E-state index contributed by atoms with van der Waals surface area (Å²) in [4.78, 5) is 22.9. The predicted molar refractivity (Wildman–Crippen MR) is 96.6 cm³/mol. The molecule has 0 aromatic carbocycles. The summed E-state index contributed by atoms with van der Waals surface area (Å²) >= 11 is 0. The molecule has 0 aliphatic heterocycles. The van der Waals surface area contributed by atoms with Gasteiger partial charge in [-0.15, -0.1) is 0 Å². The first-order valence-corrected chi connectivity index (χ1v) is 15.4. The third-order valence-corrected chi connectivity index (χ3v) is 6.69. The zero-order chi connectivity index (χ0) is 17.2. The van der Waals surface area contributed by atoms with Crippen LogP contribution < -0.4 is 0 Å². The normalized spacial score (nSPS) is 12.5. The molecule has 0 saturated heterocycles. The van der Waals surface area contributed by atoms with E-state index in [1.54, 1.807) is 0 Å². The van der Waals surface area contributed by atoms with Crippen molar-refractivity contribution in [3.05, 3.63) is 12.2 Å². The molecule has 0 fully saturated rings. The Morgan fingerprint density at radius 1 is 0.727 bits per heavy atom. The van der Waals surface area contributed by atoms with Gasteiger partial charge in [0.15, 0.2) is 0 Å². The number of hydrogen-bond acceptors (Lipinski definition) is 4. The number of esters is 2. The molecular weight excluding hydrogens is 312 g/mol. The molecule has 0 aliphatic carbocycles. The van der Waals surface area contributed by atoms with Crippen molar-refractivity contribution in [3.8, 4) is 0 Å². The van der Waals surface area contributed by atoms with Gasteiger partial charge in [-0.1, -0.05) is 51.4 Å². The van der Waals surface area contributed by atoms with E-state index in [9.17, 15) is 9.59 Å². The highest BCUT2D eigenvalue weighted by molar-refractivity contribution is 6.76. The van der Waals surface area contributed by atoms with Crippen LogP contribution in [-0.4, -0.2) is 41.3 Å². The Hall–Kier alpha value is -0.886. The standard InChI is InChI=1S/C16H32O4Si2/c1-21(2,3)13-7-11-19-15(17)9-10-16(18)20-12-8-14-22(4,5)6/h9-10H,7-8,11-14H2,1-6H3/b10-9-. The van der Waals surface area contributed by atoms with Crippen molar-refractivity contribution in [2.24, 2.45) is 0 Å². The van der Waals surface area contributed by atoms with Crippen LogP contribution in [0.15, 0.2) is 12.2 Å². The largest absolute Gasteiger partial charge is 0.463 e. The molecule has 0 rings (SSSR count). The molecular formula is C16H32O4Si2. The van der Waals surface area contributed by atoms with Crippen molar-refractivity contribution in [2.75, 3.05) is 13.2 Å². The maximum atomic E-state index is 11.4. The molecule has 0 spiro atoms. The number of hydrogen-bond donors (Lipinski definition) is 0. The zero-order valence-corrected chi connectivity index (χ0v) is 17.0. The second-order valence-electron chi connectivity index (χ2n) is 8.00. The molecule has 0 amide bonds. The van der Waals surface area contributed by atoms with Gasteiger partial charge in [-0.2, -0.15) is 0 Å². The van der Waals surface area contributed by atoms with E-state index in [0.717, 1.165) is 37.1 Å². The zero-order valence-electron chi connectivity index (χ0n) is 15.0. The van der Waals surface area contributed by atoms with Gasteiger partial charge in [-0.05, 0) is 12.8 Å². The molecule has 0 aliphatic rings. The van der Waals surface area contributed by atoms with E-state index < -0.39 is 28.1 Å². The lowest BCUT2D eigenvalue weighted by atomic mass is 10.4. The summed E-state index contributed by atoms with van der Waals surface area (Å²) in [5.74, 6) is -0.954. The summed E-state index contributed by atoms with van der Waals surface area (Å²) < 4.78 is 10.1. The molecule has 0 aromatic heterocycles. The van der Waals surface area contributed by atoms with Gasteiger partial charge in [0.25, 0.3) is 0 Å². The van der Waals surface area contributed by atoms with Gasteiger partial charge >= 0.3 is 11.9 Å². The van der Waals surface area contributed by atoms with Crippen LogP contribution in [0.4, 0.5) is 0 Å². The fraction of sp³-hybridized carbons (Fsp3) is 0.750. The van der Waals surface area contributed by atoms with Gasteiger partial charge in [0.05, 0.1) is 13.2 Å². The fourth-order valence-corrected chi connectivity index (χ4v) is 4.19.